The molecule has 0 saturated carbocycles. The van der Waals surface area contributed by atoms with Gasteiger partial charge in [0.25, 0.3) is 0 Å². The fourth-order valence-electron chi connectivity index (χ4n) is 2.32. The molecule has 76 valence electrons. The standard InChI is InChI=1S/C11H15NO2/c1-2-3-7-4-5-9-8(7)6-10(12-9)11(13)14/h6-7,12H,2-5H2,1H3,(H,13,14)/t7-/m1/s1. The molecule has 1 atom stereocenters. The van der Waals surface area contributed by atoms with E-state index in [2.05, 4.69) is 11.9 Å². The molecule has 1 aliphatic rings. The maximum absolute atomic E-state index is 10.7. The molecule has 0 fully saturated rings. The summed E-state index contributed by atoms with van der Waals surface area (Å²) >= 11 is 0. The Balaban J connectivity index is 2.26. The number of aryl methyl sites for hydroxylation is 1. The van der Waals surface area contributed by atoms with Crippen molar-refractivity contribution in [2.24, 2.45) is 0 Å². The summed E-state index contributed by atoms with van der Waals surface area (Å²) in [5.74, 6) is -0.269. The maximum atomic E-state index is 10.7. The highest BCUT2D eigenvalue weighted by Gasteiger charge is 2.25. The molecular formula is C11H15NO2. The summed E-state index contributed by atoms with van der Waals surface area (Å²) in [6, 6.07) is 1.81. The summed E-state index contributed by atoms with van der Waals surface area (Å²) in [6.07, 6.45) is 4.52. The highest BCUT2D eigenvalue weighted by molar-refractivity contribution is 5.86. The highest BCUT2D eigenvalue weighted by Crippen LogP contribution is 2.36. The first-order valence-electron chi connectivity index (χ1n) is 5.17. The summed E-state index contributed by atoms with van der Waals surface area (Å²) in [5, 5.41) is 8.83. The number of hydrogen-bond donors (Lipinski definition) is 2. The molecule has 0 radical (unpaired) electrons. The number of aromatic amines is 1. The lowest BCUT2D eigenvalue weighted by atomic mass is 9.98. The number of hydrogen-bond acceptors (Lipinski definition) is 1. The van der Waals surface area contributed by atoms with Crippen LogP contribution in [0.2, 0.25) is 0 Å². The summed E-state index contributed by atoms with van der Waals surface area (Å²) in [5.41, 5.74) is 2.72. The smallest absolute Gasteiger partial charge is 0.352 e. The maximum Gasteiger partial charge on any atom is 0.352 e. The third kappa shape index (κ3) is 1.43. The normalized spacial score (nSPS) is 19.6. The molecule has 0 unspecified atom stereocenters. The van der Waals surface area contributed by atoms with Crippen molar-refractivity contribution >= 4 is 5.97 Å². The van der Waals surface area contributed by atoms with E-state index in [-0.39, 0.29) is 0 Å². The zero-order chi connectivity index (χ0) is 10.1. The van der Waals surface area contributed by atoms with Crippen molar-refractivity contribution in [3.8, 4) is 0 Å². The molecule has 1 heterocycles. The number of carboxylic acid groups (broad SMARTS) is 1. The quantitative estimate of drug-likeness (QED) is 0.775. The lowest BCUT2D eigenvalue weighted by molar-refractivity contribution is 0.0691. The van der Waals surface area contributed by atoms with Crippen LogP contribution in [0.3, 0.4) is 0 Å². The first-order valence-corrected chi connectivity index (χ1v) is 5.17. The van der Waals surface area contributed by atoms with Crippen molar-refractivity contribution in [2.75, 3.05) is 0 Å². The number of H-pyrrole nitrogens is 1. The van der Waals surface area contributed by atoms with E-state index in [4.69, 9.17) is 5.11 Å². The summed E-state index contributed by atoms with van der Waals surface area (Å²) < 4.78 is 0. The third-order valence-electron chi connectivity index (χ3n) is 2.98. The summed E-state index contributed by atoms with van der Waals surface area (Å²) in [6.45, 7) is 2.17. The van der Waals surface area contributed by atoms with Gasteiger partial charge in [0, 0.05) is 5.69 Å². The number of fused-ring (bicyclic) bond motifs is 1. The molecule has 0 amide bonds. The van der Waals surface area contributed by atoms with Gasteiger partial charge in [-0.2, -0.15) is 0 Å². The second-order valence-electron chi connectivity index (χ2n) is 3.95. The van der Waals surface area contributed by atoms with E-state index in [9.17, 15) is 4.79 Å². The second kappa shape index (κ2) is 3.48. The Bertz CT molecular complexity index is 354. The van der Waals surface area contributed by atoms with Crippen LogP contribution in [-0.2, 0) is 6.42 Å². The predicted molar refractivity (Wildman–Crippen MR) is 53.7 cm³/mol. The molecule has 0 aromatic carbocycles. The largest absolute Gasteiger partial charge is 0.477 e. The van der Waals surface area contributed by atoms with E-state index in [1.165, 1.54) is 18.4 Å². The van der Waals surface area contributed by atoms with Gasteiger partial charge in [0.05, 0.1) is 0 Å². The summed E-state index contributed by atoms with van der Waals surface area (Å²) in [4.78, 5) is 13.7. The third-order valence-corrected chi connectivity index (χ3v) is 2.98. The molecule has 3 nitrogen and oxygen atoms in total. The predicted octanol–water partition coefficient (Wildman–Crippen LogP) is 2.54. The van der Waals surface area contributed by atoms with Gasteiger partial charge in [0.15, 0.2) is 0 Å². The minimum atomic E-state index is -0.852. The van der Waals surface area contributed by atoms with E-state index in [1.54, 1.807) is 0 Å². The second-order valence-corrected chi connectivity index (χ2v) is 3.95. The number of carbonyl (C=O) groups is 1. The first-order chi connectivity index (χ1) is 6.72. The topological polar surface area (TPSA) is 53.1 Å². The van der Waals surface area contributed by atoms with Crippen molar-refractivity contribution in [3.05, 3.63) is 23.0 Å². The number of nitrogens with one attached hydrogen (secondary N) is 1. The molecule has 2 N–H and O–H groups in total. The average molecular weight is 193 g/mol. The van der Waals surface area contributed by atoms with Gasteiger partial charge in [-0.15, -0.1) is 0 Å². The van der Waals surface area contributed by atoms with Gasteiger partial charge in [-0.25, -0.2) is 4.79 Å². The minimum Gasteiger partial charge on any atom is -0.477 e. The lowest BCUT2D eigenvalue weighted by Gasteiger charge is -2.06. The van der Waals surface area contributed by atoms with Gasteiger partial charge < -0.3 is 10.1 Å². The van der Waals surface area contributed by atoms with E-state index in [0.29, 0.717) is 11.6 Å². The van der Waals surface area contributed by atoms with Gasteiger partial charge in [-0.3, -0.25) is 0 Å². The van der Waals surface area contributed by atoms with E-state index < -0.39 is 5.97 Å². The molecule has 0 saturated heterocycles. The number of carboxylic acids is 1. The number of aromatic carboxylic acids is 1. The Morgan fingerprint density at radius 2 is 2.50 bits per heavy atom. The molecule has 2 rings (SSSR count). The molecule has 0 spiro atoms. The Kier molecular flexibility index (Phi) is 2.32. The molecule has 14 heavy (non-hydrogen) atoms. The molecule has 0 bridgehead atoms. The summed E-state index contributed by atoms with van der Waals surface area (Å²) in [7, 11) is 0. The van der Waals surface area contributed by atoms with Crippen LogP contribution in [-0.4, -0.2) is 16.1 Å². The van der Waals surface area contributed by atoms with E-state index in [1.807, 2.05) is 6.07 Å². The molecule has 1 aromatic rings. The van der Waals surface area contributed by atoms with Crippen molar-refractivity contribution in [1.82, 2.24) is 4.98 Å². The monoisotopic (exact) mass is 193 g/mol. The molecule has 3 heteroatoms. The number of rotatable bonds is 3. The molecule has 0 aliphatic heterocycles. The minimum absolute atomic E-state index is 0.343. The van der Waals surface area contributed by atoms with Crippen LogP contribution in [0.15, 0.2) is 6.07 Å². The Labute approximate surface area is 83.1 Å². The van der Waals surface area contributed by atoms with Gasteiger partial charge in [-0.1, -0.05) is 13.3 Å². The zero-order valence-electron chi connectivity index (χ0n) is 8.34. The van der Waals surface area contributed by atoms with Crippen molar-refractivity contribution in [2.45, 2.75) is 38.5 Å². The van der Waals surface area contributed by atoms with Crippen molar-refractivity contribution in [1.29, 1.82) is 0 Å². The van der Waals surface area contributed by atoms with Gasteiger partial charge in [0.1, 0.15) is 5.69 Å². The Hall–Kier alpha value is -1.25. The average Bonchev–Trinajstić information content (AvgIpc) is 2.67. The lowest BCUT2D eigenvalue weighted by Crippen LogP contribution is -1.97. The van der Waals surface area contributed by atoms with Crippen molar-refractivity contribution in [3.63, 3.8) is 0 Å². The molecule has 1 aliphatic carbocycles. The van der Waals surface area contributed by atoms with Crippen LogP contribution in [0.4, 0.5) is 0 Å². The van der Waals surface area contributed by atoms with Crippen LogP contribution in [0, 0.1) is 0 Å². The van der Waals surface area contributed by atoms with E-state index in [0.717, 1.165) is 18.5 Å². The molecular weight excluding hydrogens is 178 g/mol. The van der Waals surface area contributed by atoms with Crippen molar-refractivity contribution < 1.29 is 9.90 Å². The van der Waals surface area contributed by atoms with Gasteiger partial charge in [-0.05, 0) is 36.8 Å². The fourth-order valence-corrected chi connectivity index (χ4v) is 2.32. The van der Waals surface area contributed by atoms with Crippen LogP contribution in [0.1, 0.15) is 53.8 Å². The van der Waals surface area contributed by atoms with E-state index >= 15 is 0 Å². The van der Waals surface area contributed by atoms with Gasteiger partial charge in [0.2, 0.25) is 0 Å². The SMILES string of the molecule is CCC[C@@H]1CCc2[nH]c(C(=O)O)cc21. The van der Waals surface area contributed by atoms with Crippen LogP contribution < -0.4 is 0 Å². The number of aromatic nitrogens is 1. The van der Waals surface area contributed by atoms with Gasteiger partial charge >= 0.3 is 5.97 Å². The zero-order valence-corrected chi connectivity index (χ0v) is 8.34. The molecule has 1 aromatic heterocycles. The van der Waals surface area contributed by atoms with Crippen LogP contribution in [0.25, 0.3) is 0 Å². The Morgan fingerprint density at radius 3 is 3.14 bits per heavy atom. The highest BCUT2D eigenvalue weighted by atomic mass is 16.4. The Morgan fingerprint density at radius 1 is 1.71 bits per heavy atom. The fraction of sp³-hybridized carbons (Fsp3) is 0.545. The van der Waals surface area contributed by atoms with Crippen LogP contribution >= 0.6 is 0 Å². The first kappa shape index (κ1) is 9.31. The van der Waals surface area contributed by atoms with Crippen LogP contribution in [0.5, 0.6) is 0 Å².